The van der Waals surface area contributed by atoms with E-state index < -0.39 is 23.6 Å². The van der Waals surface area contributed by atoms with Crippen molar-refractivity contribution in [3.63, 3.8) is 0 Å². The van der Waals surface area contributed by atoms with E-state index in [4.69, 9.17) is 0 Å². The van der Waals surface area contributed by atoms with Crippen molar-refractivity contribution in [2.24, 2.45) is 5.41 Å². The minimum atomic E-state index is -0.803. The van der Waals surface area contributed by atoms with Crippen molar-refractivity contribution in [1.82, 2.24) is 20.5 Å². The SMILES string of the molecule is CC(=O)N[C@@H](C(=O)N1C[C@@H](O)C[C@@H]1C(=O)N[C@H](C)c1ccc(-c2scnc2C)cc1)C(C)(C)C. The van der Waals surface area contributed by atoms with Crippen LogP contribution in [0.1, 0.15) is 58.3 Å². The molecule has 2 aromatic rings. The molecule has 184 valence electrons. The third kappa shape index (κ3) is 5.82. The highest BCUT2D eigenvalue weighted by molar-refractivity contribution is 7.13. The van der Waals surface area contributed by atoms with E-state index in [1.807, 2.05) is 64.4 Å². The fourth-order valence-electron chi connectivity index (χ4n) is 4.22. The van der Waals surface area contributed by atoms with Gasteiger partial charge in [0.05, 0.1) is 28.2 Å². The molecule has 0 radical (unpaired) electrons. The fourth-order valence-corrected chi connectivity index (χ4v) is 5.03. The molecule has 9 heteroatoms. The smallest absolute Gasteiger partial charge is 0.246 e. The number of aliphatic hydroxyl groups is 1. The molecule has 0 saturated carbocycles. The molecular formula is C25H34N4O4S. The minimum absolute atomic E-state index is 0.0559. The summed E-state index contributed by atoms with van der Waals surface area (Å²) in [6.45, 7) is 10.8. The van der Waals surface area contributed by atoms with E-state index in [0.29, 0.717) is 0 Å². The van der Waals surface area contributed by atoms with Crippen LogP contribution >= 0.6 is 11.3 Å². The van der Waals surface area contributed by atoms with Gasteiger partial charge in [-0.1, -0.05) is 45.0 Å². The molecule has 2 heterocycles. The number of likely N-dealkylation sites (tertiary alicyclic amines) is 1. The van der Waals surface area contributed by atoms with Crippen molar-refractivity contribution in [1.29, 1.82) is 0 Å². The van der Waals surface area contributed by atoms with Gasteiger partial charge in [0.25, 0.3) is 0 Å². The zero-order valence-electron chi connectivity index (χ0n) is 20.6. The van der Waals surface area contributed by atoms with Gasteiger partial charge in [0.2, 0.25) is 17.7 Å². The maximum absolute atomic E-state index is 13.3. The number of nitrogens with one attached hydrogen (secondary N) is 2. The standard InChI is InChI=1S/C25H34N4O4S/c1-14(17-7-9-18(10-8-17)21-15(2)26-13-34-21)27-23(32)20-11-19(31)12-29(20)24(33)22(25(4,5)6)28-16(3)30/h7-10,13-14,19-20,22,31H,11-12H2,1-6H3,(H,27,32)(H,28,30)/t14-,19+,20-,22+/m1/s1. The topological polar surface area (TPSA) is 112 Å². The molecule has 1 saturated heterocycles. The number of carbonyl (C=O) groups excluding carboxylic acids is 3. The Labute approximate surface area is 204 Å². The van der Waals surface area contributed by atoms with Crippen molar-refractivity contribution >= 4 is 29.1 Å². The first kappa shape index (κ1) is 25.8. The average Bonchev–Trinajstić information content (AvgIpc) is 3.36. The maximum atomic E-state index is 13.3. The lowest BCUT2D eigenvalue weighted by Crippen LogP contribution is -2.57. The zero-order valence-corrected chi connectivity index (χ0v) is 21.4. The number of rotatable bonds is 6. The van der Waals surface area contributed by atoms with Crippen LogP contribution < -0.4 is 10.6 Å². The Hall–Kier alpha value is -2.78. The van der Waals surface area contributed by atoms with Gasteiger partial charge in [0.1, 0.15) is 12.1 Å². The quantitative estimate of drug-likeness (QED) is 0.581. The van der Waals surface area contributed by atoms with Gasteiger partial charge in [-0.25, -0.2) is 4.98 Å². The van der Waals surface area contributed by atoms with Gasteiger partial charge >= 0.3 is 0 Å². The van der Waals surface area contributed by atoms with E-state index >= 15 is 0 Å². The van der Waals surface area contributed by atoms with E-state index in [9.17, 15) is 19.5 Å². The molecule has 0 aliphatic carbocycles. The maximum Gasteiger partial charge on any atom is 0.246 e. The van der Waals surface area contributed by atoms with E-state index in [0.717, 1.165) is 21.7 Å². The first-order valence-electron chi connectivity index (χ1n) is 11.4. The number of aliphatic hydroxyl groups excluding tert-OH is 1. The predicted octanol–water partition coefficient (Wildman–Crippen LogP) is 2.81. The summed E-state index contributed by atoms with van der Waals surface area (Å²) < 4.78 is 0. The molecule has 1 aliphatic rings. The van der Waals surface area contributed by atoms with Gasteiger partial charge in [-0.15, -0.1) is 11.3 Å². The Bertz CT molecular complexity index is 1040. The summed E-state index contributed by atoms with van der Waals surface area (Å²) >= 11 is 1.59. The molecule has 1 aromatic carbocycles. The summed E-state index contributed by atoms with van der Waals surface area (Å²) in [7, 11) is 0. The third-order valence-electron chi connectivity index (χ3n) is 6.10. The van der Waals surface area contributed by atoms with Crippen molar-refractivity contribution < 1.29 is 19.5 Å². The number of hydrogen-bond donors (Lipinski definition) is 3. The zero-order chi connectivity index (χ0) is 25.2. The number of aryl methyl sites for hydroxylation is 1. The number of β-amino-alcohol motifs (C(OH)–C–C–N with tert-alkyl or cyclic N) is 1. The highest BCUT2D eigenvalue weighted by atomic mass is 32.1. The van der Waals surface area contributed by atoms with Crippen LogP contribution in [-0.2, 0) is 14.4 Å². The first-order valence-corrected chi connectivity index (χ1v) is 12.3. The Morgan fingerprint density at radius 1 is 1.18 bits per heavy atom. The van der Waals surface area contributed by atoms with Crippen LogP contribution in [0, 0.1) is 12.3 Å². The number of nitrogens with zero attached hydrogens (tertiary/aromatic N) is 2. The number of benzene rings is 1. The van der Waals surface area contributed by atoms with Gasteiger partial charge in [0, 0.05) is 19.9 Å². The molecule has 0 unspecified atom stereocenters. The summed E-state index contributed by atoms with van der Waals surface area (Å²) in [6, 6.07) is 6.07. The lowest BCUT2D eigenvalue weighted by molar-refractivity contribution is -0.144. The molecular weight excluding hydrogens is 452 g/mol. The van der Waals surface area contributed by atoms with Gasteiger partial charge in [-0.2, -0.15) is 0 Å². The van der Waals surface area contributed by atoms with Crippen LogP contribution in [0.4, 0.5) is 0 Å². The third-order valence-corrected chi connectivity index (χ3v) is 7.08. The van der Waals surface area contributed by atoms with Gasteiger partial charge in [0.15, 0.2) is 0 Å². The van der Waals surface area contributed by atoms with Gasteiger partial charge in [-0.05, 0) is 30.4 Å². The molecule has 8 nitrogen and oxygen atoms in total. The second-order valence-corrected chi connectivity index (χ2v) is 10.9. The summed E-state index contributed by atoms with van der Waals surface area (Å²) in [5, 5.41) is 16.0. The fraction of sp³-hybridized carbons (Fsp3) is 0.520. The number of carbonyl (C=O) groups is 3. The van der Waals surface area contributed by atoms with E-state index in [2.05, 4.69) is 15.6 Å². The molecule has 3 rings (SSSR count). The average molecular weight is 487 g/mol. The van der Waals surface area contributed by atoms with Crippen molar-refractivity contribution in [2.45, 2.75) is 72.2 Å². The molecule has 0 spiro atoms. The predicted molar refractivity (Wildman–Crippen MR) is 132 cm³/mol. The summed E-state index contributed by atoms with van der Waals surface area (Å²) in [5.41, 5.74) is 4.26. The van der Waals surface area contributed by atoms with Crippen LogP contribution in [0.25, 0.3) is 10.4 Å². The highest BCUT2D eigenvalue weighted by Crippen LogP contribution is 2.29. The van der Waals surface area contributed by atoms with Crippen LogP contribution in [0.15, 0.2) is 29.8 Å². The summed E-state index contributed by atoms with van der Waals surface area (Å²) in [4.78, 5) is 45.0. The van der Waals surface area contributed by atoms with Crippen molar-refractivity contribution in [2.75, 3.05) is 6.54 Å². The van der Waals surface area contributed by atoms with E-state index in [-0.39, 0.29) is 36.7 Å². The van der Waals surface area contributed by atoms with Crippen LogP contribution in [0.2, 0.25) is 0 Å². The van der Waals surface area contributed by atoms with Gasteiger partial charge < -0.3 is 20.6 Å². The van der Waals surface area contributed by atoms with Crippen LogP contribution in [0.5, 0.6) is 0 Å². The Morgan fingerprint density at radius 3 is 2.35 bits per heavy atom. The van der Waals surface area contributed by atoms with Gasteiger partial charge in [-0.3, -0.25) is 14.4 Å². The first-order chi connectivity index (χ1) is 15.9. The van der Waals surface area contributed by atoms with Crippen LogP contribution in [-0.4, -0.2) is 57.4 Å². The second kappa shape index (κ2) is 10.2. The lowest BCUT2D eigenvalue weighted by atomic mass is 9.85. The summed E-state index contributed by atoms with van der Waals surface area (Å²) in [5.74, 6) is -1.01. The Morgan fingerprint density at radius 2 is 1.82 bits per heavy atom. The number of hydrogen-bond acceptors (Lipinski definition) is 6. The molecule has 0 bridgehead atoms. The molecule has 4 atom stereocenters. The largest absolute Gasteiger partial charge is 0.391 e. The number of thiazole rings is 1. The molecule has 34 heavy (non-hydrogen) atoms. The second-order valence-electron chi connectivity index (χ2n) is 10.0. The summed E-state index contributed by atoms with van der Waals surface area (Å²) in [6.07, 6.45) is -0.639. The van der Waals surface area contributed by atoms with E-state index in [1.54, 1.807) is 11.3 Å². The number of aromatic nitrogens is 1. The Kier molecular flexibility index (Phi) is 7.77. The Balaban J connectivity index is 1.72. The molecule has 3 amide bonds. The monoisotopic (exact) mass is 486 g/mol. The van der Waals surface area contributed by atoms with Crippen molar-refractivity contribution in [3.8, 4) is 10.4 Å². The number of amides is 3. The molecule has 3 N–H and O–H groups in total. The molecule has 1 aromatic heterocycles. The lowest BCUT2D eigenvalue weighted by Gasteiger charge is -2.35. The normalized spacial score (nSPS) is 20.0. The molecule has 1 aliphatic heterocycles. The van der Waals surface area contributed by atoms with E-state index in [1.165, 1.54) is 11.8 Å². The minimum Gasteiger partial charge on any atom is -0.391 e. The van der Waals surface area contributed by atoms with Crippen LogP contribution in [0.3, 0.4) is 0 Å². The molecule has 1 fully saturated rings. The highest BCUT2D eigenvalue weighted by Gasteiger charge is 2.44. The van der Waals surface area contributed by atoms with Crippen molar-refractivity contribution in [3.05, 3.63) is 41.0 Å².